The van der Waals surface area contributed by atoms with Crippen molar-refractivity contribution >= 4 is 11.6 Å². The molecule has 1 aromatic heterocycles. The van der Waals surface area contributed by atoms with Gasteiger partial charge in [-0.2, -0.15) is 0 Å². The number of para-hydroxylation sites is 1. The number of anilines is 1. The van der Waals surface area contributed by atoms with Crippen molar-refractivity contribution < 1.29 is 13.9 Å². The van der Waals surface area contributed by atoms with Gasteiger partial charge in [0.2, 0.25) is 11.2 Å². The zero-order valence-corrected chi connectivity index (χ0v) is 19.3. The molecular formula is C28H30N2O4. The molecule has 0 bridgehead atoms. The molecule has 0 radical (unpaired) electrons. The van der Waals surface area contributed by atoms with Gasteiger partial charge >= 0.3 is 0 Å². The number of carbonyl (C=O) groups excluding carboxylic acids is 1. The molecule has 176 valence electrons. The molecule has 0 unspecified atom stereocenters. The molecular weight excluding hydrogens is 428 g/mol. The Morgan fingerprint density at radius 1 is 1.00 bits per heavy atom. The van der Waals surface area contributed by atoms with Gasteiger partial charge < -0.3 is 19.0 Å². The van der Waals surface area contributed by atoms with Crippen LogP contribution in [0.1, 0.15) is 29.7 Å². The largest absolute Gasteiger partial charge is 0.477 e. The van der Waals surface area contributed by atoms with Crippen molar-refractivity contribution in [2.75, 3.05) is 31.1 Å². The van der Waals surface area contributed by atoms with E-state index in [1.807, 2.05) is 23.1 Å². The Kier molecular flexibility index (Phi) is 6.65. The molecule has 1 amide bonds. The number of rotatable bonds is 7. The number of amides is 1. The van der Waals surface area contributed by atoms with Gasteiger partial charge in [0.1, 0.15) is 12.0 Å². The maximum atomic E-state index is 12.6. The van der Waals surface area contributed by atoms with E-state index in [4.69, 9.17) is 9.15 Å². The van der Waals surface area contributed by atoms with Gasteiger partial charge in [-0.25, -0.2) is 0 Å². The molecule has 34 heavy (non-hydrogen) atoms. The van der Waals surface area contributed by atoms with E-state index in [-0.39, 0.29) is 23.7 Å². The van der Waals surface area contributed by atoms with E-state index in [0.717, 1.165) is 45.3 Å². The molecule has 3 aromatic rings. The van der Waals surface area contributed by atoms with Crippen LogP contribution in [0.25, 0.3) is 0 Å². The highest BCUT2D eigenvalue weighted by Gasteiger charge is 2.24. The third-order valence-electron chi connectivity index (χ3n) is 6.87. The molecule has 6 nitrogen and oxygen atoms in total. The Morgan fingerprint density at radius 3 is 2.56 bits per heavy atom. The molecule has 6 heteroatoms. The summed E-state index contributed by atoms with van der Waals surface area (Å²) in [6.45, 7) is 2.74. The van der Waals surface area contributed by atoms with E-state index in [1.54, 1.807) is 0 Å². The first-order chi connectivity index (χ1) is 16.7. The van der Waals surface area contributed by atoms with Gasteiger partial charge in [-0.3, -0.25) is 9.59 Å². The molecule has 2 aliphatic heterocycles. The fraction of sp³-hybridized carbons (Fsp3) is 0.357. The summed E-state index contributed by atoms with van der Waals surface area (Å²) in [5.41, 5.74) is 3.58. The lowest BCUT2D eigenvalue weighted by molar-refractivity contribution is -0.134. The molecule has 0 aliphatic carbocycles. The van der Waals surface area contributed by atoms with Crippen LogP contribution in [0, 0.1) is 5.92 Å². The number of ether oxygens (including phenoxy) is 1. The molecule has 0 atom stereocenters. The maximum Gasteiger partial charge on any atom is 0.260 e. The second-order valence-electron chi connectivity index (χ2n) is 9.18. The third-order valence-corrected chi connectivity index (χ3v) is 6.87. The summed E-state index contributed by atoms with van der Waals surface area (Å²) in [7, 11) is 0. The summed E-state index contributed by atoms with van der Waals surface area (Å²) in [5, 5.41) is 0. The highest BCUT2D eigenvalue weighted by molar-refractivity contribution is 5.77. The van der Waals surface area contributed by atoms with Gasteiger partial charge in [0.25, 0.3) is 5.91 Å². The first-order valence-electron chi connectivity index (χ1n) is 12.0. The van der Waals surface area contributed by atoms with E-state index in [9.17, 15) is 9.59 Å². The van der Waals surface area contributed by atoms with Gasteiger partial charge in [-0.05, 0) is 48.8 Å². The van der Waals surface area contributed by atoms with Crippen LogP contribution < -0.4 is 15.1 Å². The second kappa shape index (κ2) is 10.2. The predicted octanol–water partition coefficient (Wildman–Crippen LogP) is 4.06. The van der Waals surface area contributed by atoms with E-state index >= 15 is 0 Å². The SMILES string of the molecule is O=C(COc1coc(CN2CCc3ccccc32)cc1=O)N1CCC(Cc2ccccc2)CC1. The third kappa shape index (κ3) is 5.16. The van der Waals surface area contributed by atoms with Crippen LogP contribution in [-0.2, 0) is 24.2 Å². The Hall–Kier alpha value is -3.54. The Labute approximate surface area is 199 Å². The molecule has 1 saturated heterocycles. The molecule has 2 aliphatic rings. The van der Waals surface area contributed by atoms with Crippen molar-refractivity contribution in [2.45, 2.75) is 32.2 Å². The number of carbonyl (C=O) groups is 1. The van der Waals surface area contributed by atoms with Crippen molar-refractivity contribution in [1.82, 2.24) is 4.90 Å². The van der Waals surface area contributed by atoms with Crippen molar-refractivity contribution in [1.29, 1.82) is 0 Å². The van der Waals surface area contributed by atoms with Crippen LogP contribution in [0.2, 0.25) is 0 Å². The van der Waals surface area contributed by atoms with Gasteiger partial charge in [-0.15, -0.1) is 0 Å². The average molecular weight is 459 g/mol. The van der Waals surface area contributed by atoms with Gasteiger partial charge in [0.05, 0.1) is 6.54 Å². The van der Waals surface area contributed by atoms with Crippen LogP contribution in [0.3, 0.4) is 0 Å². The minimum absolute atomic E-state index is 0.0814. The molecule has 0 N–H and O–H groups in total. The highest BCUT2D eigenvalue weighted by atomic mass is 16.5. The summed E-state index contributed by atoms with van der Waals surface area (Å²) in [4.78, 5) is 29.2. The average Bonchev–Trinajstić information content (AvgIpc) is 3.27. The summed E-state index contributed by atoms with van der Waals surface area (Å²) in [6.07, 6.45) is 5.34. The lowest BCUT2D eigenvalue weighted by Gasteiger charge is -2.32. The standard InChI is InChI=1S/C28H30N2O4/c31-26-17-24(18-30-15-12-23-8-4-5-9-25(23)30)33-19-27(26)34-20-28(32)29-13-10-22(11-14-29)16-21-6-2-1-3-7-21/h1-9,17,19,22H,10-16,18,20H2. The van der Waals surface area contributed by atoms with Crippen LogP contribution in [0.4, 0.5) is 5.69 Å². The number of hydrogen-bond donors (Lipinski definition) is 0. The Morgan fingerprint density at radius 2 is 1.76 bits per heavy atom. The predicted molar refractivity (Wildman–Crippen MR) is 131 cm³/mol. The topological polar surface area (TPSA) is 63.0 Å². The fourth-order valence-corrected chi connectivity index (χ4v) is 4.95. The van der Waals surface area contributed by atoms with Gasteiger partial charge in [-0.1, -0.05) is 48.5 Å². The zero-order chi connectivity index (χ0) is 23.3. The van der Waals surface area contributed by atoms with Crippen LogP contribution >= 0.6 is 0 Å². The smallest absolute Gasteiger partial charge is 0.260 e. The molecule has 0 saturated carbocycles. The summed E-state index contributed by atoms with van der Waals surface area (Å²) >= 11 is 0. The number of fused-ring (bicyclic) bond motifs is 1. The van der Waals surface area contributed by atoms with E-state index < -0.39 is 0 Å². The molecule has 2 aromatic carbocycles. The monoisotopic (exact) mass is 458 g/mol. The normalized spacial score (nSPS) is 15.9. The molecule has 5 rings (SSSR count). The second-order valence-corrected chi connectivity index (χ2v) is 9.18. The quantitative estimate of drug-likeness (QED) is 0.534. The van der Waals surface area contributed by atoms with Crippen molar-refractivity contribution in [2.24, 2.45) is 5.92 Å². The highest BCUT2D eigenvalue weighted by Crippen LogP contribution is 2.28. The summed E-state index contributed by atoms with van der Waals surface area (Å²) in [5.74, 6) is 1.17. The van der Waals surface area contributed by atoms with E-state index in [0.29, 0.717) is 18.2 Å². The Bertz CT molecular complexity index is 1180. The Balaban J connectivity index is 1.10. The minimum atomic E-state index is -0.261. The molecule has 1 fully saturated rings. The lowest BCUT2D eigenvalue weighted by Crippen LogP contribution is -2.41. The first-order valence-corrected chi connectivity index (χ1v) is 12.0. The van der Waals surface area contributed by atoms with Crippen molar-refractivity contribution in [3.63, 3.8) is 0 Å². The fourth-order valence-electron chi connectivity index (χ4n) is 4.95. The van der Waals surface area contributed by atoms with Crippen molar-refractivity contribution in [3.05, 3.63) is 94.0 Å². The zero-order valence-electron chi connectivity index (χ0n) is 19.3. The first kappa shape index (κ1) is 22.3. The van der Waals surface area contributed by atoms with Gasteiger partial charge in [0, 0.05) is 31.4 Å². The van der Waals surface area contributed by atoms with Crippen LogP contribution in [0.15, 0.2) is 76.1 Å². The van der Waals surface area contributed by atoms with Gasteiger partial charge in [0.15, 0.2) is 6.61 Å². The number of hydrogen-bond acceptors (Lipinski definition) is 5. The summed E-state index contributed by atoms with van der Waals surface area (Å²) in [6, 6.07) is 20.2. The number of nitrogens with zero attached hydrogens (tertiary/aromatic N) is 2. The number of piperidine rings is 1. The molecule has 3 heterocycles. The van der Waals surface area contributed by atoms with Crippen LogP contribution in [-0.4, -0.2) is 37.0 Å². The summed E-state index contributed by atoms with van der Waals surface area (Å²) < 4.78 is 11.2. The number of benzene rings is 2. The lowest BCUT2D eigenvalue weighted by atomic mass is 9.90. The van der Waals surface area contributed by atoms with E-state index in [1.165, 1.54) is 29.1 Å². The number of likely N-dealkylation sites (tertiary alicyclic amines) is 1. The minimum Gasteiger partial charge on any atom is -0.477 e. The van der Waals surface area contributed by atoms with E-state index in [2.05, 4.69) is 41.3 Å². The van der Waals surface area contributed by atoms with Crippen LogP contribution in [0.5, 0.6) is 5.75 Å². The molecule has 0 spiro atoms. The maximum absolute atomic E-state index is 12.6. The van der Waals surface area contributed by atoms with Crippen molar-refractivity contribution in [3.8, 4) is 5.75 Å².